The second-order valence-electron chi connectivity index (χ2n) is 7.59. The first-order chi connectivity index (χ1) is 14.8. The van der Waals surface area contributed by atoms with Gasteiger partial charge in [-0.2, -0.15) is 4.72 Å². The molecule has 7 heteroatoms. The molecule has 0 aliphatic carbocycles. The van der Waals surface area contributed by atoms with Gasteiger partial charge in [-0.05, 0) is 62.6 Å². The Kier molecular flexibility index (Phi) is 9.86. The maximum Gasteiger partial charge on any atom is 0.241 e. The van der Waals surface area contributed by atoms with Gasteiger partial charge in [0.05, 0.1) is 18.0 Å². The van der Waals surface area contributed by atoms with E-state index in [1.54, 1.807) is 12.1 Å². The second-order valence-corrected chi connectivity index (χ2v) is 9.79. The molecule has 2 aromatic rings. The van der Waals surface area contributed by atoms with Crippen molar-refractivity contribution in [1.82, 2.24) is 9.62 Å². The van der Waals surface area contributed by atoms with Gasteiger partial charge in [-0.25, -0.2) is 8.42 Å². The van der Waals surface area contributed by atoms with Crippen molar-refractivity contribution >= 4 is 21.6 Å². The summed E-state index contributed by atoms with van der Waals surface area (Å²) in [5.41, 5.74) is 2.13. The summed E-state index contributed by atoms with van der Waals surface area (Å²) in [7, 11) is -3.57. The van der Waals surface area contributed by atoms with Gasteiger partial charge in [0.2, 0.25) is 10.0 Å². The van der Waals surface area contributed by atoms with Crippen LogP contribution in [0.3, 0.4) is 0 Å². The van der Waals surface area contributed by atoms with E-state index in [1.807, 2.05) is 30.3 Å². The van der Waals surface area contributed by atoms with Crippen LogP contribution >= 0.6 is 11.6 Å². The molecule has 0 aliphatic heterocycles. The van der Waals surface area contributed by atoms with Crippen molar-refractivity contribution in [3.05, 3.63) is 58.6 Å². The van der Waals surface area contributed by atoms with Crippen LogP contribution in [0.15, 0.2) is 47.4 Å². The Hall–Kier alpha value is -2.04. The van der Waals surface area contributed by atoms with E-state index in [2.05, 4.69) is 36.3 Å². The molecular weight excluding hydrogens is 432 g/mol. The molecule has 2 rings (SSSR count). The highest BCUT2D eigenvalue weighted by Crippen LogP contribution is 2.25. The standard InChI is InChI=1S/C24H31ClN2O3S/c1-5-14-26-31(28,29)23-10-7-20(8-11-23)13-15-27(19(3)4)18-21-17-22(25)9-12-24(21)30-16-6-2/h1,7-12,17,19,26H,6,13-16,18H2,2-4H3. The Morgan fingerprint density at radius 1 is 1.19 bits per heavy atom. The van der Waals surface area contributed by atoms with Crippen LogP contribution in [-0.4, -0.2) is 39.1 Å². The van der Waals surface area contributed by atoms with Crippen LogP contribution in [0.5, 0.6) is 5.75 Å². The fraction of sp³-hybridized carbons (Fsp3) is 0.417. The summed E-state index contributed by atoms with van der Waals surface area (Å²) in [5.74, 6) is 3.14. The fourth-order valence-electron chi connectivity index (χ4n) is 3.09. The first kappa shape index (κ1) is 25.2. The molecule has 0 bridgehead atoms. The number of terminal acetylenes is 1. The summed E-state index contributed by atoms with van der Waals surface area (Å²) in [4.78, 5) is 2.56. The van der Waals surface area contributed by atoms with Gasteiger partial charge in [0.1, 0.15) is 5.75 Å². The molecule has 0 heterocycles. The predicted octanol–water partition coefficient (Wildman–Crippen LogP) is 4.49. The largest absolute Gasteiger partial charge is 0.493 e. The summed E-state index contributed by atoms with van der Waals surface area (Å²) in [6, 6.07) is 13.0. The van der Waals surface area contributed by atoms with Gasteiger partial charge in [0.15, 0.2) is 0 Å². The summed E-state index contributed by atoms with van der Waals surface area (Å²) in [5, 5.41) is 0.692. The minimum absolute atomic E-state index is 0.0269. The molecule has 1 N–H and O–H groups in total. The third kappa shape index (κ3) is 7.86. The monoisotopic (exact) mass is 462 g/mol. The highest BCUT2D eigenvalue weighted by molar-refractivity contribution is 7.89. The molecule has 0 radical (unpaired) electrons. The number of sulfonamides is 1. The number of hydrogen-bond donors (Lipinski definition) is 1. The number of hydrogen-bond acceptors (Lipinski definition) is 4. The molecule has 168 valence electrons. The quantitative estimate of drug-likeness (QED) is 0.472. The van der Waals surface area contributed by atoms with Crippen LogP contribution < -0.4 is 9.46 Å². The van der Waals surface area contributed by atoms with Gasteiger partial charge in [-0.3, -0.25) is 4.90 Å². The van der Waals surface area contributed by atoms with Crippen LogP contribution in [0.1, 0.15) is 38.3 Å². The number of nitrogens with zero attached hydrogens (tertiary/aromatic N) is 1. The summed E-state index contributed by atoms with van der Waals surface area (Å²) >= 11 is 6.23. The van der Waals surface area contributed by atoms with E-state index < -0.39 is 10.0 Å². The molecule has 31 heavy (non-hydrogen) atoms. The molecule has 0 saturated carbocycles. The number of benzene rings is 2. The lowest BCUT2D eigenvalue weighted by Crippen LogP contribution is -2.32. The molecule has 0 aromatic heterocycles. The summed E-state index contributed by atoms with van der Waals surface area (Å²) in [6.07, 6.45) is 6.87. The van der Waals surface area contributed by atoms with E-state index in [-0.39, 0.29) is 11.4 Å². The van der Waals surface area contributed by atoms with Gasteiger partial charge in [0.25, 0.3) is 0 Å². The van der Waals surface area contributed by atoms with Crippen molar-refractivity contribution in [2.24, 2.45) is 0 Å². The Morgan fingerprint density at radius 2 is 1.90 bits per heavy atom. The van der Waals surface area contributed by atoms with E-state index in [9.17, 15) is 8.42 Å². The Bertz CT molecular complexity index is 983. The molecule has 0 aliphatic rings. The lowest BCUT2D eigenvalue weighted by atomic mass is 10.1. The van der Waals surface area contributed by atoms with E-state index >= 15 is 0 Å². The summed E-state index contributed by atoms with van der Waals surface area (Å²) < 4.78 is 32.6. The molecule has 0 atom stereocenters. The highest BCUT2D eigenvalue weighted by atomic mass is 35.5. The van der Waals surface area contributed by atoms with Gasteiger partial charge in [-0.1, -0.05) is 36.6 Å². The molecule has 0 saturated heterocycles. The second kappa shape index (κ2) is 12.1. The molecular formula is C24H31ClN2O3S. The van der Waals surface area contributed by atoms with Crippen molar-refractivity contribution in [1.29, 1.82) is 0 Å². The maximum atomic E-state index is 12.2. The zero-order valence-corrected chi connectivity index (χ0v) is 20.0. The van der Waals surface area contributed by atoms with Crippen LogP contribution in [0.25, 0.3) is 0 Å². The Balaban J connectivity index is 2.07. The topological polar surface area (TPSA) is 58.6 Å². The van der Waals surface area contributed by atoms with Crippen molar-refractivity contribution in [2.45, 2.75) is 51.1 Å². The van der Waals surface area contributed by atoms with E-state index in [0.29, 0.717) is 17.7 Å². The fourth-order valence-corrected chi connectivity index (χ4v) is 4.22. The lowest BCUT2D eigenvalue weighted by Gasteiger charge is -2.27. The van der Waals surface area contributed by atoms with Gasteiger partial charge in [0, 0.05) is 29.7 Å². The average Bonchev–Trinajstić information content (AvgIpc) is 2.74. The lowest BCUT2D eigenvalue weighted by molar-refractivity contribution is 0.210. The van der Waals surface area contributed by atoms with Gasteiger partial charge >= 0.3 is 0 Å². The number of ether oxygens (including phenoxy) is 1. The van der Waals surface area contributed by atoms with Crippen molar-refractivity contribution in [3.8, 4) is 18.1 Å². The van der Waals surface area contributed by atoms with Crippen LogP contribution in [0.4, 0.5) is 0 Å². The van der Waals surface area contributed by atoms with Crippen LogP contribution in [-0.2, 0) is 23.0 Å². The van der Waals surface area contributed by atoms with Crippen LogP contribution in [0.2, 0.25) is 5.02 Å². The molecule has 2 aromatic carbocycles. The Morgan fingerprint density at radius 3 is 2.52 bits per heavy atom. The zero-order valence-electron chi connectivity index (χ0n) is 18.4. The molecule has 0 spiro atoms. The third-order valence-electron chi connectivity index (χ3n) is 4.87. The first-order valence-electron chi connectivity index (χ1n) is 10.4. The van der Waals surface area contributed by atoms with Gasteiger partial charge in [-0.15, -0.1) is 6.42 Å². The van der Waals surface area contributed by atoms with Crippen LogP contribution in [0, 0.1) is 12.3 Å². The first-order valence-corrected chi connectivity index (χ1v) is 12.3. The zero-order chi connectivity index (χ0) is 22.9. The molecule has 5 nitrogen and oxygen atoms in total. The maximum absolute atomic E-state index is 12.2. The normalized spacial score (nSPS) is 11.6. The smallest absolute Gasteiger partial charge is 0.241 e. The average molecular weight is 463 g/mol. The van der Waals surface area contributed by atoms with E-state index in [0.717, 1.165) is 42.8 Å². The molecule has 0 unspecified atom stereocenters. The minimum Gasteiger partial charge on any atom is -0.493 e. The van der Waals surface area contributed by atoms with Crippen molar-refractivity contribution in [2.75, 3.05) is 19.7 Å². The minimum atomic E-state index is -3.57. The predicted molar refractivity (Wildman–Crippen MR) is 127 cm³/mol. The van der Waals surface area contributed by atoms with Gasteiger partial charge < -0.3 is 4.74 Å². The summed E-state index contributed by atoms with van der Waals surface area (Å²) in [6.45, 7) is 8.58. The Labute approximate surface area is 191 Å². The molecule has 0 amide bonds. The van der Waals surface area contributed by atoms with E-state index in [1.165, 1.54) is 0 Å². The SMILES string of the molecule is C#CCNS(=O)(=O)c1ccc(CCN(Cc2cc(Cl)ccc2OCCC)C(C)C)cc1. The number of rotatable bonds is 12. The molecule has 0 fully saturated rings. The number of halogens is 1. The van der Waals surface area contributed by atoms with Crippen molar-refractivity contribution in [3.63, 3.8) is 0 Å². The van der Waals surface area contributed by atoms with Crippen molar-refractivity contribution < 1.29 is 13.2 Å². The number of nitrogens with one attached hydrogen (secondary N) is 1. The third-order valence-corrected chi connectivity index (χ3v) is 6.53. The highest BCUT2D eigenvalue weighted by Gasteiger charge is 2.15. The van der Waals surface area contributed by atoms with E-state index in [4.69, 9.17) is 22.8 Å².